The zero-order chi connectivity index (χ0) is 18.1. The number of nitrogens with one attached hydrogen (secondary N) is 1. The number of rotatable bonds is 7. The van der Waals surface area contributed by atoms with Crippen LogP contribution in [-0.2, 0) is 16.0 Å². The Morgan fingerprint density at radius 3 is 2.80 bits per heavy atom. The van der Waals surface area contributed by atoms with E-state index in [2.05, 4.69) is 27.5 Å². The predicted octanol–water partition coefficient (Wildman–Crippen LogP) is 2.62. The van der Waals surface area contributed by atoms with Crippen LogP contribution < -0.4 is 5.32 Å². The van der Waals surface area contributed by atoms with Crippen LogP contribution >= 0.6 is 11.3 Å². The lowest BCUT2D eigenvalue weighted by atomic mass is 9.97. The molecule has 0 spiro atoms. The summed E-state index contributed by atoms with van der Waals surface area (Å²) in [6.07, 6.45) is 3.65. The van der Waals surface area contributed by atoms with Gasteiger partial charge in [0, 0.05) is 43.7 Å². The van der Waals surface area contributed by atoms with E-state index in [0.717, 1.165) is 63.5 Å². The number of esters is 1. The summed E-state index contributed by atoms with van der Waals surface area (Å²) >= 11 is 1.72. The molecule has 0 aromatic carbocycles. The van der Waals surface area contributed by atoms with Crippen molar-refractivity contribution in [2.75, 3.05) is 32.8 Å². The topological polar surface area (TPSA) is 66.8 Å². The highest BCUT2D eigenvalue weighted by Crippen LogP contribution is 2.19. The van der Waals surface area contributed by atoms with Gasteiger partial charge in [-0.15, -0.1) is 11.3 Å². The minimum Gasteiger partial charge on any atom is -0.466 e. The minimum atomic E-state index is -0.0529. The van der Waals surface area contributed by atoms with Gasteiger partial charge in [-0.05, 0) is 40.0 Å². The zero-order valence-electron chi connectivity index (χ0n) is 15.6. The number of piperidine rings is 1. The number of aromatic nitrogens is 1. The van der Waals surface area contributed by atoms with Gasteiger partial charge in [-0.2, -0.15) is 0 Å². The summed E-state index contributed by atoms with van der Waals surface area (Å²) in [5.74, 6) is 0.940. The SMILES string of the molecule is CCNC(=NCCCc1nc(C)cs1)N1CCC(C(=O)OCC)CC1. The second-order valence-corrected chi connectivity index (χ2v) is 7.18. The number of ether oxygens (including phenoxy) is 1. The van der Waals surface area contributed by atoms with E-state index >= 15 is 0 Å². The Balaban J connectivity index is 1.80. The van der Waals surface area contributed by atoms with Crippen molar-refractivity contribution in [3.8, 4) is 0 Å². The van der Waals surface area contributed by atoms with Crippen LogP contribution in [-0.4, -0.2) is 54.6 Å². The summed E-state index contributed by atoms with van der Waals surface area (Å²) in [6, 6.07) is 0. The van der Waals surface area contributed by atoms with Gasteiger partial charge in [0.2, 0.25) is 0 Å². The largest absolute Gasteiger partial charge is 0.466 e. The maximum Gasteiger partial charge on any atom is 0.309 e. The van der Waals surface area contributed by atoms with Gasteiger partial charge in [-0.3, -0.25) is 9.79 Å². The van der Waals surface area contributed by atoms with Gasteiger partial charge in [0.25, 0.3) is 0 Å². The van der Waals surface area contributed by atoms with Crippen LogP contribution in [0.2, 0.25) is 0 Å². The van der Waals surface area contributed by atoms with Crippen molar-refractivity contribution in [1.82, 2.24) is 15.2 Å². The molecule has 25 heavy (non-hydrogen) atoms. The first-order valence-corrected chi connectivity index (χ1v) is 10.1. The third-order valence-corrected chi connectivity index (χ3v) is 5.25. The van der Waals surface area contributed by atoms with E-state index in [1.807, 2.05) is 13.8 Å². The second-order valence-electron chi connectivity index (χ2n) is 6.24. The Hall–Kier alpha value is -1.63. The van der Waals surface area contributed by atoms with E-state index in [0.29, 0.717) is 6.61 Å². The summed E-state index contributed by atoms with van der Waals surface area (Å²) in [7, 11) is 0. The van der Waals surface area contributed by atoms with Crippen LogP contribution in [0.5, 0.6) is 0 Å². The molecule has 1 N–H and O–H groups in total. The first kappa shape index (κ1) is 19.7. The lowest BCUT2D eigenvalue weighted by Gasteiger charge is -2.33. The number of thiazole rings is 1. The average molecular weight is 367 g/mol. The maximum absolute atomic E-state index is 11.9. The number of hydrogen-bond acceptors (Lipinski definition) is 5. The fourth-order valence-electron chi connectivity index (χ4n) is 2.95. The number of carbonyl (C=O) groups excluding carboxylic acids is 1. The van der Waals surface area contributed by atoms with Crippen molar-refractivity contribution in [2.24, 2.45) is 10.9 Å². The number of guanidine groups is 1. The Labute approximate surface area is 154 Å². The number of hydrogen-bond donors (Lipinski definition) is 1. The van der Waals surface area contributed by atoms with Crippen molar-refractivity contribution < 1.29 is 9.53 Å². The standard InChI is InChI=1S/C18H30N4O2S/c1-4-19-18(20-10-6-7-16-21-14(3)13-25-16)22-11-8-15(9-12-22)17(23)24-5-2/h13,15H,4-12H2,1-3H3,(H,19,20). The van der Waals surface area contributed by atoms with Crippen LogP contribution in [0.4, 0.5) is 0 Å². The summed E-state index contributed by atoms with van der Waals surface area (Å²) in [5, 5.41) is 6.65. The van der Waals surface area contributed by atoms with Crippen molar-refractivity contribution in [2.45, 2.75) is 46.5 Å². The van der Waals surface area contributed by atoms with Gasteiger partial charge in [-0.25, -0.2) is 4.98 Å². The third-order valence-electron chi connectivity index (χ3n) is 4.23. The van der Waals surface area contributed by atoms with E-state index in [9.17, 15) is 4.79 Å². The summed E-state index contributed by atoms with van der Waals surface area (Å²) in [4.78, 5) is 23.4. The molecule has 2 heterocycles. The first-order chi connectivity index (χ1) is 12.1. The molecular formula is C18H30N4O2S. The molecule has 1 aliphatic heterocycles. The maximum atomic E-state index is 11.9. The molecule has 140 valence electrons. The molecule has 7 heteroatoms. The van der Waals surface area contributed by atoms with Crippen molar-refractivity contribution >= 4 is 23.3 Å². The molecule has 1 aromatic heterocycles. The van der Waals surface area contributed by atoms with E-state index < -0.39 is 0 Å². The monoisotopic (exact) mass is 366 g/mol. The molecule has 0 unspecified atom stereocenters. The fourth-order valence-corrected chi connectivity index (χ4v) is 3.76. The quantitative estimate of drug-likeness (QED) is 0.348. The summed E-state index contributed by atoms with van der Waals surface area (Å²) in [5.41, 5.74) is 1.10. The van der Waals surface area contributed by atoms with E-state index in [4.69, 9.17) is 9.73 Å². The highest BCUT2D eigenvalue weighted by atomic mass is 32.1. The lowest BCUT2D eigenvalue weighted by Crippen LogP contribution is -2.46. The lowest BCUT2D eigenvalue weighted by molar-refractivity contribution is -0.149. The Bertz CT molecular complexity index is 565. The molecule has 1 saturated heterocycles. The van der Waals surface area contributed by atoms with Crippen LogP contribution in [0.25, 0.3) is 0 Å². The number of aliphatic imine (C=N–C) groups is 1. The average Bonchev–Trinajstić information content (AvgIpc) is 3.03. The number of likely N-dealkylation sites (tertiary alicyclic amines) is 1. The number of nitrogens with zero attached hydrogens (tertiary/aromatic N) is 3. The van der Waals surface area contributed by atoms with Crippen molar-refractivity contribution in [1.29, 1.82) is 0 Å². The van der Waals surface area contributed by atoms with Gasteiger partial charge < -0.3 is 15.0 Å². The molecular weight excluding hydrogens is 336 g/mol. The van der Waals surface area contributed by atoms with E-state index in [1.54, 1.807) is 11.3 Å². The van der Waals surface area contributed by atoms with E-state index in [1.165, 1.54) is 5.01 Å². The molecule has 2 rings (SSSR count). The van der Waals surface area contributed by atoms with Gasteiger partial charge >= 0.3 is 5.97 Å². The Kier molecular flexibility index (Phi) is 8.18. The molecule has 0 saturated carbocycles. The first-order valence-electron chi connectivity index (χ1n) is 9.25. The van der Waals surface area contributed by atoms with Crippen molar-refractivity contribution in [3.05, 3.63) is 16.1 Å². The van der Waals surface area contributed by atoms with Gasteiger partial charge in [0.05, 0.1) is 17.5 Å². The molecule has 0 amide bonds. The number of carbonyl (C=O) groups is 1. The normalized spacial score (nSPS) is 16.1. The third kappa shape index (κ3) is 6.30. The molecule has 0 bridgehead atoms. The van der Waals surface area contributed by atoms with Gasteiger partial charge in [0.1, 0.15) is 0 Å². The number of aryl methyl sites for hydroxylation is 2. The van der Waals surface area contributed by atoms with Crippen LogP contribution in [0.15, 0.2) is 10.4 Å². The summed E-state index contributed by atoms with van der Waals surface area (Å²) in [6.45, 7) is 9.77. The highest BCUT2D eigenvalue weighted by Gasteiger charge is 2.27. The molecule has 1 aliphatic rings. The summed E-state index contributed by atoms with van der Waals surface area (Å²) < 4.78 is 5.14. The molecule has 6 nitrogen and oxygen atoms in total. The van der Waals surface area contributed by atoms with Gasteiger partial charge in [-0.1, -0.05) is 0 Å². The fraction of sp³-hybridized carbons (Fsp3) is 0.722. The molecule has 1 aromatic rings. The molecule has 0 aliphatic carbocycles. The van der Waals surface area contributed by atoms with Crippen LogP contribution in [0, 0.1) is 12.8 Å². The second kappa shape index (κ2) is 10.4. The van der Waals surface area contributed by atoms with Crippen molar-refractivity contribution in [3.63, 3.8) is 0 Å². The Morgan fingerprint density at radius 2 is 2.20 bits per heavy atom. The zero-order valence-corrected chi connectivity index (χ0v) is 16.4. The van der Waals surface area contributed by atoms with Crippen LogP contribution in [0.1, 0.15) is 43.8 Å². The molecule has 1 fully saturated rings. The van der Waals surface area contributed by atoms with E-state index in [-0.39, 0.29) is 11.9 Å². The molecule has 0 radical (unpaired) electrons. The van der Waals surface area contributed by atoms with Crippen LogP contribution in [0.3, 0.4) is 0 Å². The smallest absolute Gasteiger partial charge is 0.309 e. The van der Waals surface area contributed by atoms with Gasteiger partial charge in [0.15, 0.2) is 5.96 Å². The molecule has 0 atom stereocenters. The highest BCUT2D eigenvalue weighted by molar-refractivity contribution is 7.09. The minimum absolute atomic E-state index is 0.0345. The Morgan fingerprint density at radius 1 is 1.44 bits per heavy atom. The predicted molar refractivity (Wildman–Crippen MR) is 102 cm³/mol.